The van der Waals surface area contributed by atoms with Crippen LogP contribution in [0.2, 0.25) is 0 Å². The maximum Gasteiger partial charge on any atom is 0.119 e. The zero-order chi connectivity index (χ0) is 9.52. The van der Waals surface area contributed by atoms with Crippen LogP contribution in [-0.4, -0.2) is 11.6 Å². The van der Waals surface area contributed by atoms with Gasteiger partial charge in [0.1, 0.15) is 5.76 Å². The van der Waals surface area contributed by atoms with Gasteiger partial charge in [-0.25, -0.2) is 0 Å². The normalized spacial score (nSPS) is 9.62. The molecule has 13 heavy (non-hydrogen) atoms. The second-order valence-corrected chi connectivity index (χ2v) is 2.86. The van der Waals surface area contributed by atoms with E-state index in [4.69, 9.17) is 4.74 Å². The molecule has 0 aliphatic heterocycles. The molecule has 70 valence electrons. The molecular weight excluding hydrogens is 162 g/mol. The molecule has 0 aromatic carbocycles. The van der Waals surface area contributed by atoms with Crippen molar-refractivity contribution in [3.05, 3.63) is 36.7 Å². The molecule has 0 aliphatic rings. The van der Waals surface area contributed by atoms with Crippen LogP contribution in [0.15, 0.2) is 31.1 Å². The number of hydrogen-bond donors (Lipinski definition) is 0. The van der Waals surface area contributed by atoms with Crippen molar-refractivity contribution in [2.45, 2.75) is 19.8 Å². The number of pyridine rings is 1. The topological polar surface area (TPSA) is 22.1 Å². The zero-order valence-corrected chi connectivity index (χ0v) is 7.99. The minimum absolute atomic E-state index is 0.732. The van der Waals surface area contributed by atoms with E-state index in [-0.39, 0.29) is 0 Å². The third-order valence-corrected chi connectivity index (χ3v) is 1.78. The summed E-state index contributed by atoms with van der Waals surface area (Å²) in [6.45, 7) is 6.73. The Hall–Kier alpha value is -1.31. The van der Waals surface area contributed by atoms with Crippen LogP contribution in [0.3, 0.4) is 0 Å². The van der Waals surface area contributed by atoms with Crippen LogP contribution < -0.4 is 0 Å². The molecule has 0 saturated carbocycles. The molecule has 0 spiro atoms. The van der Waals surface area contributed by atoms with E-state index in [0.717, 1.165) is 30.8 Å². The quantitative estimate of drug-likeness (QED) is 0.509. The molecule has 0 unspecified atom stereocenters. The van der Waals surface area contributed by atoms with Gasteiger partial charge in [0.15, 0.2) is 0 Å². The fraction of sp³-hybridized carbons (Fsp3) is 0.364. The van der Waals surface area contributed by atoms with Crippen LogP contribution in [0.25, 0.3) is 5.76 Å². The lowest BCUT2D eigenvalue weighted by molar-refractivity contribution is 0.271. The van der Waals surface area contributed by atoms with E-state index in [0.29, 0.717) is 0 Å². The molecule has 0 aliphatic carbocycles. The van der Waals surface area contributed by atoms with Gasteiger partial charge >= 0.3 is 0 Å². The van der Waals surface area contributed by atoms with E-state index in [1.807, 2.05) is 12.1 Å². The molecule has 1 aromatic heterocycles. The molecule has 0 fully saturated rings. The maximum atomic E-state index is 5.45. The Bertz CT molecular complexity index is 256. The zero-order valence-electron chi connectivity index (χ0n) is 7.99. The van der Waals surface area contributed by atoms with Crippen molar-refractivity contribution in [2.75, 3.05) is 6.61 Å². The molecule has 1 rings (SSSR count). The smallest absolute Gasteiger partial charge is 0.119 e. The monoisotopic (exact) mass is 177 g/mol. The SMILES string of the molecule is C=C(OCCCC)c1ccncc1. The highest BCUT2D eigenvalue weighted by atomic mass is 16.5. The predicted octanol–water partition coefficient (Wildman–Crippen LogP) is 2.87. The van der Waals surface area contributed by atoms with Gasteiger partial charge in [0.25, 0.3) is 0 Å². The summed E-state index contributed by atoms with van der Waals surface area (Å²) in [4.78, 5) is 3.93. The first-order valence-electron chi connectivity index (χ1n) is 4.56. The largest absolute Gasteiger partial charge is 0.494 e. The predicted molar refractivity (Wildman–Crippen MR) is 54.1 cm³/mol. The van der Waals surface area contributed by atoms with Crippen molar-refractivity contribution in [1.29, 1.82) is 0 Å². The van der Waals surface area contributed by atoms with Gasteiger partial charge in [-0.3, -0.25) is 4.98 Å². The van der Waals surface area contributed by atoms with Crippen molar-refractivity contribution >= 4 is 5.76 Å². The Kier molecular flexibility index (Phi) is 4.03. The van der Waals surface area contributed by atoms with Crippen molar-refractivity contribution in [1.82, 2.24) is 4.98 Å². The highest BCUT2D eigenvalue weighted by Gasteiger charge is 1.97. The first kappa shape index (κ1) is 9.78. The summed E-state index contributed by atoms with van der Waals surface area (Å²) < 4.78 is 5.45. The fourth-order valence-corrected chi connectivity index (χ4v) is 0.961. The Morgan fingerprint density at radius 3 is 2.77 bits per heavy atom. The number of nitrogens with zero attached hydrogens (tertiary/aromatic N) is 1. The van der Waals surface area contributed by atoms with E-state index < -0.39 is 0 Å². The Labute approximate surface area is 79.3 Å². The summed E-state index contributed by atoms with van der Waals surface area (Å²) in [6.07, 6.45) is 5.70. The number of rotatable bonds is 5. The van der Waals surface area contributed by atoms with Gasteiger partial charge in [-0.2, -0.15) is 0 Å². The summed E-state index contributed by atoms with van der Waals surface area (Å²) in [5, 5.41) is 0. The summed E-state index contributed by atoms with van der Waals surface area (Å²) in [6, 6.07) is 3.79. The van der Waals surface area contributed by atoms with Crippen molar-refractivity contribution < 1.29 is 4.74 Å². The summed E-state index contributed by atoms with van der Waals surface area (Å²) in [5.74, 6) is 0.732. The highest BCUT2D eigenvalue weighted by molar-refractivity contribution is 5.56. The second-order valence-electron chi connectivity index (χ2n) is 2.86. The number of hydrogen-bond acceptors (Lipinski definition) is 2. The average molecular weight is 177 g/mol. The molecule has 1 aromatic rings. The molecule has 0 radical (unpaired) electrons. The summed E-state index contributed by atoms with van der Waals surface area (Å²) in [5.41, 5.74) is 1.01. The van der Waals surface area contributed by atoms with Gasteiger partial charge < -0.3 is 4.74 Å². The van der Waals surface area contributed by atoms with Crippen LogP contribution in [0.1, 0.15) is 25.3 Å². The van der Waals surface area contributed by atoms with Crippen LogP contribution in [0, 0.1) is 0 Å². The minimum atomic E-state index is 0.732. The summed E-state index contributed by atoms with van der Waals surface area (Å²) >= 11 is 0. The lowest BCUT2D eigenvalue weighted by atomic mass is 10.2. The van der Waals surface area contributed by atoms with Crippen LogP contribution in [0.5, 0.6) is 0 Å². The standard InChI is InChI=1S/C11H15NO/c1-3-4-9-13-10(2)11-5-7-12-8-6-11/h5-8H,2-4,9H2,1H3. The Balaban J connectivity index is 2.40. The first-order valence-corrected chi connectivity index (χ1v) is 4.56. The van der Waals surface area contributed by atoms with Gasteiger partial charge in [-0.15, -0.1) is 0 Å². The molecule has 2 nitrogen and oxygen atoms in total. The maximum absolute atomic E-state index is 5.45. The Morgan fingerprint density at radius 1 is 1.46 bits per heavy atom. The van der Waals surface area contributed by atoms with Gasteiger partial charge in [-0.1, -0.05) is 19.9 Å². The molecular formula is C11H15NO. The number of ether oxygens (including phenoxy) is 1. The third kappa shape index (κ3) is 3.28. The molecule has 0 amide bonds. The highest BCUT2D eigenvalue weighted by Crippen LogP contribution is 2.12. The van der Waals surface area contributed by atoms with Gasteiger partial charge in [0.2, 0.25) is 0 Å². The van der Waals surface area contributed by atoms with Crippen LogP contribution >= 0.6 is 0 Å². The van der Waals surface area contributed by atoms with Crippen molar-refractivity contribution in [2.24, 2.45) is 0 Å². The molecule has 0 bridgehead atoms. The van der Waals surface area contributed by atoms with E-state index in [9.17, 15) is 0 Å². The van der Waals surface area contributed by atoms with E-state index >= 15 is 0 Å². The second kappa shape index (κ2) is 5.36. The van der Waals surface area contributed by atoms with Gasteiger partial charge in [-0.05, 0) is 18.6 Å². The molecule has 0 N–H and O–H groups in total. The molecule has 0 saturated heterocycles. The molecule has 0 atom stereocenters. The first-order chi connectivity index (χ1) is 6.34. The summed E-state index contributed by atoms with van der Waals surface area (Å²) in [7, 11) is 0. The van der Waals surface area contributed by atoms with Gasteiger partial charge in [0.05, 0.1) is 6.61 Å². The minimum Gasteiger partial charge on any atom is -0.494 e. The van der Waals surface area contributed by atoms with Crippen molar-refractivity contribution in [3.8, 4) is 0 Å². The van der Waals surface area contributed by atoms with E-state index in [1.165, 1.54) is 0 Å². The number of unbranched alkanes of at least 4 members (excludes halogenated alkanes) is 1. The lowest BCUT2D eigenvalue weighted by Crippen LogP contribution is -1.93. The van der Waals surface area contributed by atoms with Crippen molar-refractivity contribution in [3.63, 3.8) is 0 Å². The number of aromatic nitrogens is 1. The average Bonchev–Trinajstić information content (AvgIpc) is 2.19. The lowest BCUT2D eigenvalue weighted by Gasteiger charge is -2.07. The molecule has 1 heterocycles. The molecule has 2 heteroatoms. The van der Waals surface area contributed by atoms with Gasteiger partial charge in [0, 0.05) is 18.0 Å². The third-order valence-electron chi connectivity index (χ3n) is 1.78. The van der Waals surface area contributed by atoms with Crippen LogP contribution in [-0.2, 0) is 4.74 Å². The fourth-order valence-electron chi connectivity index (χ4n) is 0.961. The van der Waals surface area contributed by atoms with Crippen LogP contribution in [0.4, 0.5) is 0 Å². The van der Waals surface area contributed by atoms with E-state index in [2.05, 4.69) is 18.5 Å². The Morgan fingerprint density at radius 2 is 2.15 bits per heavy atom. The van der Waals surface area contributed by atoms with E-state index in [1.54, 1.807) is 12.4 Å².